The average molecular weight is 259 g/mol. The minimum Gasteiger partial charge on any atom is -0.465 e. The molecule has 0 spiro atoms. The van der Waals surface area contributed by atoms with Crippen LogP contribution in [0.4, 0.5) is 4.79 Å². The van der Waals surface area contributed by atoms with Crippen molar-refractivity contribution >= 4 is 23.4 Å². The van der Waals surface area contributed by atoms with E-state index in [9.17, 15) is 4.79 Å². The summed E-state index contributed by atoms with van der Waals surface area (Å²) in [5.41, 5.74) is 0.716. The summed E-state index contributed by atoms with van der Waals surface area (Å²) in [6.45, 7) is 3.24. The molecule has 1 amide bonds. The fourth-order valence-electron chi connectivity index (χ4n) is 3.04. The standard InChI is InChI=1S/C11H15ClN2O3/c1-11(5-12)2-8(13-17-11)9-6-3-14(10(15)16)4-7(6)9/h6-7,9H,2-5H2,1H3,(H,15,16)/t6-,7+,9?,11?. The SMILES string of the molecule is CC1(CCl)CC(C2[C@H]3CN(C(=O)O)C[C@@H]23)=NO1. The maximum absolute atomic E-state index is 10.8. The molecule has 4 atom stereocenters. The zero-order valence-corrected chi connectivity index (χ0v) is 10.4. The number of oxime groups is 1. The Hall–Kier alpha value is -0.970. The maximum atomic E-state index is 10.8. The van der Waals surface area contributed by atoms with Crippen molar-refractivity contribution in [2.24, 2.45) is 22.9 Å². The second-order valence-corrected chi connectivity index (χ2v) is 5.74. The van der Waals surface area contributed by atoms with E-state index in [1.807, 2.05) is 6.92 Å². The van der Waals surface area contributed by atoms with Crippen LogP contribution in [-0.4, -0.2) is 46.4 Å². The van der Waals surface area contributed by atoms with Gasteiger partial charge in [-0.2, -0.15) is 0 Å². The van der Waals surface area contributed by atoms with E-state index in [1.54, 1.807) is 0 Å². The van der Waals surface area contributed by atoms with Gasteiger partial charge in [-0.1, -0.05) is 5.16 Å². The van der Waals surface area contributed by atoms with E-state index in [4.69, 9.17) is 21.5 Å². The minimum absolute atomic E-state index is 0.361. The number of rotatable bonds is 2. The Bertz CT molecular complexity index is 388. The second-order valence-electron chi connectivity index (χ2n) is 5.48. The second kappa shape index (κ2) is 3.51. The highest BCUT2D eigenvalue weighted by Gasteiger charge is 2.60. The van der Waals surface area contributed by atoms with Crippen LogP contribution in [0, 0.1) is 17.8 Å². The predicted octanol–water partition coefficient (Wildman–Crippen LogP) is 1.62. The maximum Gasteiger partial charge on any atom is 0.407 e. The van der Waals surface area contributed by atoms with Crippen molar-refractivity contribution < 1.29 is 14.7 Å². The molecule has 17 heavy (non-hydrogen) atoms. The van der Waals surface area contributed by atoms with Gasteiger partial charge in [0.1, 0.15) is 0 Å². The van der Waals surface area contributed by atoms with E-state index in [1.165, 1.54) is 4.90 Å². The normalized spacial score (nSPS) is 43.1. The molecular formula is C11H15ClN2O3. The molecule has 0 aromatic rings. The van der Waals surface area contributed by atoms with Gasteiger partial charge in [0, 0.05) is 25.4 Å². The van der Waals surface area contributed by atoms with Crippen molar-refractivity contribution in [2.75, 3.05) is 19.0 Å². The van der Waals surface area contributed by atoms with Gasteiger partial charge in [-0.25, -0.2) is 4.79 Å². The van der Waals surface area contributed by atoms with Gasteiger partial charge in [-0.15, -0.1) is 11.6 Å². The fraction of sp³-hybridized carbons (Fsp3) is 0.818. The van der Waals surface area contributed by atoms with E-state index in [-0.39, 0.29) is 5.60 Å². The summed E-state index contributed by atoms with van der Waals surface area (Å²) in [6, 6.07) is 0. The van der Waals surface area contributed by atoms with Gasteiger partial charge < -0.3 is 14.8 Å². The number of fused-ring (bicyclic) bond motifs is 1. The summed E-state index contributed by atoms with van der Waals surface area (Å²) in [4.78, 5) is 17.7. The van der Waals surface area contributed by atoms with E-state index in [2.05, 4.69) is 5.16 Å². The van der Waals surface area contributed by atoms with Crippen molar-refractivity contribution in [1.29, 1.82) is 0 Å². The summed E-state index contributed by atoms with van der Waals surface area (Å²) in [5, 5.41) is 13.0. The molecule has 0 aromatic heterocycles. The molecule has 6 heteroatoms. The van der Waals surface area contributed by atoms with Gasteiger partial charge in [0.2, 0.25) is 0 Å². The zero-order chi connectivity index (χ0) is 12.2. The molecule has 5 nitrogen and oxygen atoms in total. The third-order valence-electron chi connectivity index (χ3n) is 4.07. The Morgan fingerprint density at radius 1 is 1.65 bits per heavy atom. The molecule has 3 rings (SSSR count). The van der Waals surface area contributed by atoms with Crippen LogP contribution in [0.2, 0.25) is 0 Å². The number of amides is 1. The van der Waals surface area contributed by atoms with E-state index < -0.39 is 6.09 Å². The quantitative estimate of drug-likeness (QED) is 0.766. The molecule has 0 radical (unpaired) electrons. The van der Waals surface area contributed by atoms with Crippen LogP contribution < -0.4 is 0 Å². The minimum atomic E-state index is -0.814. The van der Waals surface area contributed by atoms with Crippen LogP contribution in [0.1, 0.15) is 13.3 Å². The highest BCUT2D eigenvalue weighted by Crippen LogP contribution is 2.54. The lowest BCUT2D eigenvalue weighted by Gasteiger charge is -2.18. The summed E-state index contributed by atoms with van der Waals surface area (Å²) in [7, 11) is 0. The number of likely N-dealkylation sites (tertiary alicyclic amines) is 1. The smallest absolute Gasteiger partial charge is 0.407 e. The number of halogens is 1. The van der Waals surface area contributed by atoms with Gasteiger partial charge >= 0.3 is 6.09 Å². The molecule has 2 fully saturated rings. The average Bonchev–Trinajstić information content (AvgIpc) is 2.68. The van der Waals surface area contributed by atoms with Crippen LogP contribution in [0.5, 0.6) is 0 Å². The Morgan fingerprint density at radius 3 is 2.76 bits per heavy atom. The highest BCUT2D eigenvalue weighted by molar-refractivity contribution is 6.18. The third-order valence-corrected chi connectivity index (χ3v) is 4.64. The molecule has 2 heterocycles. The molecule has 1 saturated carbocycles. The monoisotopic (exact) mass is 258 g/mol. The molecule has 0 aromatic carbocycles. The molecule has 2 aliphatic heterocycles. The molecule has 1 aliphatic carbocycles. The van der Waals surface area contributed by atoms with E-state index >= 15 is 0 Å². The number of piperidine rings is 1. The van der Waals surface area contributed by atoms with Crippen LogP contribution in [-0.2, 0) is 4.84 Å². The van der Waals surface area contributed by atoms with Crippen LogP contribution in [0.15, 0.2) is 5.16 Å². The van der Waals surface area contributed by atoms with Crippen LogP contribution >= 0.6 is 11.6 Å². The molecule has 1 saturated heterocycles. The van der Waals surface area contributed by atoms with E-state index in [0.717, 1.165) is 12.1 Å². The Labute approximate surface area is 104 Å². The van der Waals surface area contributed by atoms with Crippen LogP contribution in [0.3, 0.4) is 0 Å². The first-order valence-electron chi connectivity index (χ1n) is 5.83. The van der Waals surface area contributed by atoms with Gasteiger partial charge in [0.25, 0.3) is 0 Å². The van der Waals surface area contributed by atoms with Gasteiger partial charge in [-0.05, 0) is 18.8 Å². The lowest BCUT2D eigenvalue weighted by molar-refractivity contribution is 0.0152. The first kappa shape index (κ1) is 11.1. The zero-order valence-electron chi connectivity index (χ0n) is 9.60. The van der Waals surface area contributed by atoms with Crippen molar-refractivity contribution in [2.45, 2.75) is 18.9 Å². The summed E-state index contributed by atoms with van der Waals surface area (Å²) in [5.74, 6) is 1.76. The molecular weight excluding hydrogens is 244 g/mol. The number of carboxylic acid groups (broad SMARTS) is 1. The third kappa shape index (κ3) is 1.68. The van der Waals surface area contributed by atoms with Gasteiger partial charge in [0.05, 0.1) is 11.6 Å². The van der Waals surface area contributed by atoms with Crippen molar-refractivity contribution in [3.8, 4) is 0 Å². The van der Waals surface area contributed by atoms with Gasteiger partial charge in [0.15, 0.2) is 5.60 Å². The molecule has 1 N–H and O–H groups in total. The first-order chi connectivity index (χ1) is 8.04. The van der Waals surface area contributed by atoms with E-state index in [0.29, 0.717) is 36.7 Å². The lowest BCUT2D eigenvalue weighted by Crippen LogP contribution is -2.32. The Balaban J connectivity index is 1.60. The summed E-state index contributed by atoms with van der Waals surface area (Å²) in [6.07, 6.45) is -0.0347. The lowest BCUT2D eigenvalue weighted by atomic mass is 9.98. The number of alkyl halides is 1. The number of nitrogens with zero attached hydrogens (tertiary/aromatic N) is 2. The highest BCUT2D eigenvalue weighted by atomic mass is 35.5. The summed E-state index contributed by atoms with van der Waals surface area (Å²) < 4.78 is 0. The van der Waals surface area contributed by atoms with Gasteiger partial charge in [-0.3, -0.25) is 0 Å². The predicted molar refractivity (Wildman–Crippen MR) is 62.3 cm³/mol. The molecule has 2 unspecified atom stereocenters. The fourth-order valence-corrected chi connectivity index (χ4v) is 3.19. The molecule has 3 aliphatic rings. The van der Waals surface area contributed by atoms with Crippen molar-refractivity contribution in [3.05, 3.63) is 0 Å². The Morgan fingerprint density at radius 2 is 2.29 bits per heavy atom. The largest absolute Gasteiger partial charge is 0.465 e. The topological polar surface area (TPSA) is 62.1 Å². The molecule has 0 bridgehead atoms. The Kier molecular flexibility index (Phi) is 2.30. The van der Waals surface area contributed by atoms with Crippen molar-refractivity contribution in [1.82, 2.24) is 4.90 Å². The van der Waals surface area contributed by atoms with Crippen molar-refractivity contribution in [3.63, 3.8) is 0 Å². The number of hydrogen-bond donors (Lipinski definition) is 1. The first-order valence-corrected chi connectivity index (χ1v) is 6.36. The number of carbonyl (C=O) groups is 1. The van der Waals surface area contributed by atoms with Crippen LogP contribution in [0.25, 0.3) is 0 Å². The number of hydrogen-bond acceptors (Lipinski definition) is 3. The molecule has 94 valence electrons. The summed E-state index contributed by atoms with van der Waals surface area (Å²) >= 11 is 5.84.